The van der Waals surface area contributed by atoms with E-state index in [9.17, 15) is 9.90 Å². The summed E-state index contributed by atoms with van der Waals surface area (Å²) in [4.78, 5) is 15.5. The van der Waals surface area contributed by atoms with E-state index in [2.05, 4.69) is 15.2 Å². The molecule has 22 heavy (non-hydrogen) atoms. The summed E-state index contributed by atoms with van der Waals surface area (Å²) < 4.78 is 5.34. The van der Waals surface area contributed by atoms with Gasteiger partial charge in [0.05, 0.1) is 11.6 Å². The maximum atomic E-state index is 11.4. The highest BCUT2D eigenvalue weighted by molar-refractivity contribution is 8.04. The summed E-state index contributed by atoms with van der Waals surface area (Å²) in [6.45, 7) is 4.12. The van der Waals surface area contributed by atoms with Crippen molar-refractivity contribution in [2.45, 2.75) is 19.0 Å². The van der Waals surface area contributed by atoms with Crippen LogP contribution in [0, 0.1) is 6.92 Å². The maximum absolute atomic E-state index is 11.4. The molecule has 2 rings (SSSR count). The minimum atomic E-state index is -1.06. The van der Waals surface area contributed by atoms with Gasteiger partial charge in [-0.15, -0.1) is 5.10 Å². The zero-order valence-electron chi connectivity index (χ0n) is 12.0. The number of rotatable bonds is 6. The topological polar surface area (TPSA) is 88.1 Å². The van der Waals surface area contributed by atoms with E-state index >= 15 is 0 Å². The molecule has 1 heterocycles. The van der Waals surface area contributed by atoms with Crippen LogP contribution < -0.4 is 4.74 Å². The number of hydrogen-bond acceptors (Lipinski definition) is 5. The highest BCUT2D eigenvalue weighted by atomic mass is 35.5. The summed E-state index contributed by atoms with van der Waals surface area (Å²) in [6.07, 6.45) is 1.51. The van der Waals surface area contributed by atoms with Gasteiger partial charge in [0.1, 0.15) is 16.5 Å². The van der Waals surface area contributed by atoms with E-state index in [1.807, 2.05) is 6.92 Å². The molecule has 1 aromatic heterocycles. The second kappa shape index (κ2) is 7.33. The quantitative estimate of drug-likeness (QED) is 0.619. The first-order chi connectivity index (χ1) is 10.5. The van der Waals surface area contributed by atoms with E-state index in [1.54, 1.807) is 25.1 Å². The Bertz CT molecular complexity index is 715. The molecule has 2 aromatic rings. The van der Waals surface area contributed by atoms with Crippen molar-refractivity contribution in [2.75, 3.05) is 6.61 Å². The highest BCUT2D eigenvalue weighted by Gasteiger charge is 2.13. The fourth-order valence-corrected chi connectivity index (χ4v) is 2.63. The molecule has 0 unspecified atom stereocenters. The van der Waals surface area contributed by atoms with Gasteiger partial charge in [0.2, 0.25) is 5.16 Å². The normalized spacial score (nSPS) is 11.5. The number of nitrogens with zero attached hydrogens (tertiary/aromatic N) is 2. The molecule has 0 amide bonds. The molecule has 0 saturated carbocycles. The van der Waals surface area contributed by atoms with E-state index in [-0.39, 0.29) is 4.91 Å². The average Bonchev–Trinajstić information content (AvgIpc) is 2.86. The van der Waals surface area contributed by atoms with Gasteiger partial charge in [-0.25, -0.2) is 9.78 Å². The number of aromatic amines is 1. The molecule has 0 aliphatic heterocycles. The molecular weight excluding hydrogens is 326 g/mol. The van der Waals surface area contributed by atoms with Gasteiger partial charge in [-0.1, -0.05) is 17.7 Å². The van der Waals surface area contributed by atoms with Crippen LogP contribution in [0.4, 0.5) is 0 Å². The lowest BCUT2D eigenvalue weighted by atomic mass is 10.2. The van der Waals surface area contributed by atoms with Crippen molar-refractivity contribution in [1.82, 2.24) is 15.2 Å². The minimum absolute atomic E-state index is 0.0965. The Hall–Kier alpha value is -1.99. The first-order valence-electron chi connectivity index (χ1n) is 6.43. The molecule has 0 bridgehead atoms. The van der Waals surface area contributed by atoms with Gasteiger partial charge in [-0.3, -0.25) is 5.10 Å². The van der Waals surface area contributed by atoms with Crippen LogP contribution in [0.2, 0.25) is 5.02 Å². The van der Waals surface area contributed by atoms with Gasteiger partial charge in [0.25, 0.3) is 0 Å². The van der Waals surface area contributed by atoms with Crippen LogP contribution in [0.1, 0.15) is 18.3 Å². The van der Waals surface area contributed by atoms with E-state index in [0.717, 1.165) is 11.8 Å². The van der Waals surface area contributed by atoms with Gasteiger partial charge in [-0.2, -0.15) is 0 Å². The van der Waals surface area contributed by atoms with Crippen LogP contribution >= 0.6 is 23.4 Å². The number of carboxylic acid groups (broad SMARTS) is 1. The van der Waals surface area contributed by atoms with Gasteiger partial charge in [0.15, 0.2) is 0 Å². The van der Waals surface area contributed by atoms with Crippen molar-refractivity contribution in [3.05, 3.63) is 39.5 Å². The Morgan fingerprint density at radius 1 is 1.55 bits per heavy atom. The standard InChI is InChI=1S/C14H14ClN3O3S/c1-3-21-11-5-4-9(6-10(11)15)7-12(13(19)20)22-14-16-8(2)17-18-14/h4-7H,3H2,1-2H3,(H,19,20)(H,16,17,18). The SMILES string of the molecule is CCOc1ccc(C=C(Sc2n[nH]c(C)n2)C(=O)O)cc1Cl. The molecule has 0 atom stereocenters. The van der Waals surface area contributed by atoms with Crippen LogP contribution in [-0.4, -0.2) is 32.9 Å². The largest absolute Gasteiger partial charge is 0.492 e. The van der Waals surface area contributed by atoms with Crippen molar-refractivity contribution >= 4 is 35.4 Å². The number of carboxylic acids is 1. The molecule has 116 valence electrons. The summed E-state index contributed by atoms with van der Waals surface area (Å²) >= 11 is 7.06. The summed E-state index contributed by atoms with van der Waals surface area (Å²) in [5, 5.41) is 16.7. The van der Waals surface area contributed by atoms with E-state index < -0.39 is 5.97 Å². The Labute approximate surface area is 136 Å². The third kappa shape index (κ3) is 4.25. The van der Waals surface area contributed by atoms with Gasteiger partial charge in [-0.05, 0) is 49.4 Å². The molecule has 0 spiro atoms. The molecule has 0 aliphatic rings. The number of thioether (sulfide) groups is 1. The molecule has 0 aliphatic carbocycles. The number of aromatic nitrogens is 3. The Kier molecular flexibility index (Phi) is 5.46. The fraction of sp³-hybridized carbons (Fsp3) is 0.214. The maximum Gasteiger partial charge on any atom is 0.342 e. The number of benzene rings is 1. The van der Waals surface area contributed by atoms with Gasteiger partial charge >= 0.3 is 5.97 Å². The minimum Gasteiger partial charge on any atom is -0.492 e. The number of aryl methyl sites for hydroxylation is 1. The van der Waals surface area contributed by atoms with Crippen LogP contribution in [-0.2, 0) is 4.79 Å². The molecule has 2 N–H and O–H groups in total. The average molecular weight is 340 g/mol. The Balaban J connectivity index is 2.26. The third-order valence-electron chi connectivity index (χ3n) is 2.54. The molecule has 1 aromatic carbocycles. The number of ether oxygens (including phenoxy) is 1. The monoisotopic (exact) mass is 339 g/mol. The summed E-state index contributed by atoms with van der Waals surface area (Å²) in [5.41, 5.74) is 0.658. The lowest BCUT2D eigenvalue weighted by Crippen LogP contribution is -1.97. The summed E-state index contributed by atoms with van der Waals surface area (Å²) in [5.74, 6) is 0.129. The highest BCUT2D eigenvalue weighted by Crippen LogP contribution is 2.29. The van der Waals surface area contributed by atoms with Crippen molar-refractivity contribution < 1.29 is 14.6 Å². The fourth-order valence-electron chi connectivity index (χ4n) is 1.63. The van der Waals surface area contributed by atoms with Gasteiger partial charge in [0, 0.05) is 0 Å². The van der Waals surface area contributed by atoms with Crippen LogP contribution in [0.5, 0.6) is 5.75 Å². The molecule has 0 fully saturated rings. The molecule has 8 heteroatoms. The molecule has 0 saturated heterocycles. The molecule has 6 nitrogen and oxygen atoms in total. The number of halogens is 1. The summed E-state index contributed by atoms with van der Waals surface area (Å²) in [7, 11) is 0. The van der Waals surface area contributed by atoms with E-state index in [1.165, 1.54) is 6.08 Å². The van der Waals surface area contributed by atoms with Crippen molar-refractivity contribution in [2.24, 2.45) is 0 Å². The number of hydrogen-bond donors (Lipinski definition) is 2. The number of H-pyrrole nitrogens is 1. The predicted octanol–water partition coefficient (Wildman–Crippen LogP) is 3.38. The smallest absolute Gasteiger partial charge is 0.342 e. The predicted molar refractivity (Wildman–Crippen MR) is 85.2 cm³/mol. The van der Waals surface area contributed by atoms with Crippen LogP contribution in [0.3, 0.4) is 0 Å². The Morgan fingerprint density at radius 2 is 2.32 bits per heavy atom. The van der Waals surface area contributed by atoms with Crippen molar-refractivity contribution in [1.29, 1.82) is 0 Å². The Morgan fingerprint density at radius 3 is 2.86 bits per heavy atom. The molecule has 0 radical (unpaired) electrons. The third-order valence-corrected chi connectivity index (χ3v) is 3.72. The lowest BCUT2D eigenvalue weighted by molar-refractivity contribution is -0.131. The summed E-state index contributed by atoms with van der Waals surface area (Å²) in [6, 6.07) is 5.10. The van der Waals surface area contributed by atoms with Crippen molar-refractivity contribution in [3.63, 3.8) is 0 Å². The van der Waals surface area contributed by atoms with E-state index in [4.69, 9.17) is 16.3 Å². The second-order valence-corrected chi connectivity index (χ2v) is 5.66. The van der Waals surface area contributed by atoms with Crippen molar-refractivity contribution in [3.8, 4) is 5.75 Å². The number of nitrogens with one attached hydrogen (secondary N) is 1. The van der Waals surface area contributed by atoms with Crippen LogP contribution in [0.25, 0.3) is 6.08 Å². The number of aliphatic carboxylic acids is 1. The second-order valence-electron chi connectivity index (χ2n) is 4.24. The van der Waals surface area contributed by atoms with E-state index in [0.29, 0.717) is 33.9 Å². The zero-order valence-corrected chi connectivity index (χ0v) is 13.5. The van der Waals surface area contributed by atoms with Gasteiger partial charge < -0.3 is 9.84 Å². The van der Waals surface area contributed by atoms with Crippen LogP contribution in [0.15, 0.2) is 28.3 Å². The zero-order chi connectivity index (χ0) is 16.1. The first kappa shape index (κ1) is 16.4. The number of carbonyl (C=O) groups is 1. The first-order valence-corrected chi connectivity index (χ1v) is 7.63. The lowest BCUT2D eigenvalue weighted by Gasteiger charge is -2.06. The molecular formula is C14H14ClN3O3S.